The SMILES string of the molecule is CC(C)N(C(C)C)P(OCCC#N)O[C@H]1[C@@H](F)[C@H](n2ccc(=O)[nH]c2=O)O[C@@H]1COP(=O)(N(C)C)N1C[C@@H](/C=C/P(C)(C)=O)O[C@@H](n2ccc(=O)[nH]c2=O)C1. The van der Waals surface area contributed by atoms with Crippen LogP contribution < -0.4 is 22.5 Å². The summed E-state index contributed by atoms with van der Waals surface area (Å²) in [5.74, 6) is 1.48. The average molecular weight is 835 g/mol. The number of nitrogens with one attached hydrogen (secondary N) is 2. The lowest BCUT2D eigenvalue weighted by Gasteiger charge is -2.42. The topological polar surface area (TPSA) is 224 Å². The number of rotatable bonds is 17. The van der Waals surface area contributed by atoms with Gasteiger partial charge in [-0.15, -0.1) is 0 Å². The number of alkyl halides is 1. The zero-order chi connectivity index (χ0) is 40.8. The zero-order valence-corrected chi connectivity index (χ0v) is 34.7. The molecule has 0 saturated carbocycles. The van der Waals surface area contributed by atoms with Gasteiger partial charge >= 0.3 is 19.0 Å². The van der Waals surface area contributed by atoms with Crippen LogP contribution in [-0.2, 0) is 32.2 Å². The highest BCUT2D eigenvalue weighted by Crippen LogP contribution is 2.56. The Balaban J connectivity index is 1.72. The van der Waals surface area contributed by atoms with E-state index in [-0.39, 0.29) is 38.2 Å². The maximum absolute atomic E-state index is 16.7. The van der Waals surface area contributed by atoms with Gasteiger partial charge in [0.2, 0.25) is 0 Å². The van der Waals surface area contributed by atoms with Gasteiger partial charge in [0.1, 0.15) is 19.3 Å². The summed E-state index contributed by atoms with van der Waals surface area (Å²) in [6, 6.07) is 3.90. The number of nitriles is 1. The van der Waals surface area contributed by atoms with E-state index in [0.29, 0.717) is 0 Å². The van der Waals surface area contributed by atoms with Gasteiger partial charge in [0.05, 0.1) is 38.4 Å². The van der Waals surface area contributed by atoms with E-state index in [1.165, 1.54) is 35.5 Å². The van der Waals surface area contributed by atoms with Crippen molar-refractivity contribution in [2.75, 3.05) is 53.7 Å². The highest BCUT2D eigenvalue weighted by molar-refractivity contribution is 7.65. The molecule has 0 aliphatic carbocycles. The standard InChI is InChI=1S/C32H50FN8O11P3/c1-21(2)41(22(3)4)53(48-16-9-13-34)52-29-24(51-30(28(29)33)40-15-11-26(43)36-32(40)45)20-49-55(47,37(5)6)38-18-23(12-17-54(7,8)46)50-27(19-38)39-14-10-25(42)35-31(39)44/h10-12,14-15,17,21-24,27-30H,9,16,18-20H2,1-8H3,(H,35,42,44)(H,36,43,45)/b17-12+/t23-,24-,27-,28-,29-,30-,53?,55?/m1/s1. The van der Waals surface area contributed by atoms with Crippen LogP contribution in [0.25, 0.3) is 0 Å². The number of nitrogens with zero attached hydrogens (tertiary/aromatic N) is 6. The summed E-state index contributed by atoms with van der Waals surface area (Å²) < 4.78 is 81.8. The van der Waals surface area contributed by atoms with Crippen LogP contribution in [0.3, 0.4) is 0 Å². The third-order valence-electron chi connectivity index (χ3n) is 8.45. The summed E-state index contributed by atoms with van der Waals surface area (Å²) in [5, 5.41) is 9.18. The Morgan fingerprint density at radius 2 is 1.62 bits per heavy atom. The van der Waals surface area contributed by atoms with E-state index in [2.05, 4.69) is 9.97 Å². The molecule has 19 nitrogen and oxygen atoms in total. The van der Waals surface area contributed by atoms with E-state index in [1.54, 1.807) is 19.4 Å². The molecule has 2 N–H and O–H groups in total. The number of aromatic amines is 2. The van der Waals surface area contributed by atoms with E-state index in [0.717, 1.165) is 27.5 Å². The van der Waals surface area contributed by atoms with E-state index < -0.39 is 89.4 Å². The van der Waals surface area contributed by atoms with Crippen LogP contribution in [0.15, 0.2) is 55.6 Å². The lowest BCUT2D eigenvalue weighted by molar-refractivity contribution is -0.0895. The third kappa shape index (κ3) is 11.4. The van der Waals surface area contributed by atoms with Crippen LogP contribution >= 0.6 is 23.3 Å². The number of halogens is 1. The highest BCUT2D eigenvalue weighted by atomic mass is 31.2. The van der Waals surface area contributed by atoms with Gasteiger partial charge in [0.15, 0.2) is 18.6 Å². The fraction of sp³-hybridized carbons (Fsp3) is 0.656. The van der Waals surface area contributed by atoms with Gasteiger partial charge in [-0.05, 0) is 60.9 Å². The number of aromatic nitrogens is 4. The maximum Gasteiger partial charge on any atom is 0.345 e. The number of morpholine rings is 1. The summed E-state index contributed by atoms with van der Waals surface area (Å²) in [4.78, 5) is 53.5. The Bertz CT molecular complexity index is 2020. The van der Waals surface area contributed by atoms with Gasteiger partial charge in [-0.1, -0.05) is 6.08 Å². The molecule has 2 aliphatic rings. The average Bonchev–Trinajstić information content (AvgIpc) is 3.39. The predicted octanol–water partition coefficient (Wildman–Crippen LogP) is 3.01. The molecule has 0 radical (unpaired) electrons. The predicted molar refractivity (Wildman–Crippen MR) is 203 cm³/mol. The van der Waals surface area contributed by atoms with Crippen molar-refractivity contribution in [3.8, 4) is 6.07 Å². The Hall–Kier alpha value is -2.91. The monoisotopic (exact) mass is 834 g/mol. The van der Waals surface area contributed by atoms with Crippen molar-refractivity contribution in [2.45, 2.75) is 83.1 Å². The maximum atomic E-state index is 16.7. The third-order valence-corrected chi connectivity index (χ3v) is 14.0. The first-order valence-corrected chi connectivity index (χ1v) is 22.8. The molecule has 0 aromatic carbocycles. The van der Waals surface area contributed by atoms with Crippen LogP contribution in [0.2, 0.25) is 0 Å². The Labute approximate surface area is 318 Å². The zero-order valence-electron chi connectivity index (χ0n) is 32.0. The van der Waals surface area contributed by atoms with E-state index in [9.17, 15) is 29.0 Å². The molecule has 2 aromatic rings. The minimum atomic E-state index is -4.11. The van der Waals surface area contributed by atoms with Crippen LogP contribution in [0.5, 0.6) is 0 Å². The van der Waals surface area contributed by atoms with E-state index >= 15 is 8.96 Å². The Kier molecular flexibility index (Phi) is 15.5. The molecular weight excluding hydrogens is 784 g/mol. The van der Waals surface area contributed by atoms with Gasteiger partial charge < -0.3 is 27.6 Å². The molecule has 0 spiro atoms. The molecule has 4 rings (SSSR count). The molecule has 0 bridgehead atoms. The summed E-state index contributed by atoms with van der Waals surface area (Å²) in [6.07, 6.45) is -4.42. The van der Waals surface area contributed by atoms with Crippen LogP contribution in [0.1, 0.15) is 46.6 Å². The van der Waals surface area contributed by atoms with E-state index in [1.807, 2.05) is 38.4 Å². The molecule has 8 atom stereocenters. The van der Waals surface area contributed by atoms with Gasteiger partial charge in [0, 0.05) is 43.2 Å². The van der Waals surface area contributed by atoms with Crippen molar-refractivity contribution >= 4 is 23.3 Å². The van der Waals surface area contributed by atoms with Crippen molar-refractivity contribution in [3.05, 3.63) is 78.1 Å². The Morgan fingerprint density at radius 1 is 1.02 bits per heavy atom. The molecule has 4 heterocycles. The van der Waals surface area contributed by atoms with Crippen LogP contribution in [0, 0.1) is 11.3 Å². The first kappa shape index (κ1) is 44.8. The molecule has 2 aliphatic heterocycles. The first-order chi connectivity index (χ1) is 25.7. The molecule has 2 fully saturated rings. The van der Waals surface area contributed by atoms with Crippen molar-refractivity contribution in [2.24, 2.45) is 0 Å². The van der Waals surface area contributed by atoms with Gasteiger partial charge in [-0.25, -0.2) is 28.0 Å². The number of hydrogen-bond acceptors (Lipinski definition) is 13. The smallest absolute Gasteiger partial charge is 0.345 e. The molecule has 2 aromatic heterocycles. The van der Waals surface area contributed by atoms with Crippen LogP contribution in [-0.4, -0.2) is 123 Å². The minimum Gasteiger partial charge on any atom is -0.348 e. The minimum absolute atomic E-state index is 0.0137. The van der Waals surface area contributed by atoms with Gasteiger partial charge in [-0.3, -0.25) is 33.3 Å². The lowest BCUT2D eigenvalue weighted by atomic mass is 10.1. The number of H-pyrrole nitrogens is 2. The molecule has 2 unspecified atom stereocenters. The summed E-state index contributed by atoms with van der Waals surface area (Å²) in [5.41, 5.74) is -3.04. The molecule has 23 heteroatoms. The van der Waals surface area contributed by atoms with Crippen molar-refractivity contribution in [1.29, 1.82) is 5.26 Å². The fourth-order valence-electron chi connectivity index (χ4n) is 6.00. The van der Waals surface area contributed by atoms with Gasteiger partial charge in [0.25, 0.3) is 19.6 Å². The summed E-state index contributed by atoms with van der Waals surface area (Å²) >= 11 is 0. The molecule has 306 valence electrons. The highest BCUT2D eigenvalue weighted by Gasteiger charge is 2.51. The molecule has 55 heavy (non-hydrogen) atoms. The van der Waals surface area contributed by atoms with Crippen molar-refractivity contribution in [1.82, 2.24) is 33.1 Å². The van der Waals surface area contributed by atoms with E-state index in [4.69, 9.17) is 23.0 Å². The van der Waals surface area contributed by atoms with Gasteiger partial charge in [-0.2, -0.15) is 5.26 Å². The largest absolute Gasteiger partial charge is 0.348 e. The van der Waals surface area contributed by atoms with Crippen LogP contribution in [0.4, 0.5) is 4.39 Å². The lowest BCUT2D eigenvalue weighted by Crippen LogP contribution is -2.48. The second-order valence-electron chi connectivity index (χ2n) is 14.1. The van der Waals surface area contributed by atoms with Crippen molar-refractivity contribution < 1.29 is 36.6 Å². The quantitative estimate of drug-likeness (QED) is 0.173. The Morgan fingerprint density at radius 3 is 2.15 bits per heavy atom. The number of hydrogen-bond donors (Lipinski definition) is 2. The second kappa shape index (κ2) is 19.0. The fourth-order valence-corrected chi connectivity index (χ4v) is 10.3. The summed E-state index contributed by atoms with van der Waals surface area (Å²) in [7, 11) is -5.82. The molecule has 0 amide bonds. The molecular formula is C32H50FN8O11P3. The first-order valence-electron chi connectivity index (χ1n) is 17.5. The number of ether oxygens (including phenoxy) is 2. The second-order valence-corrected chi connectivity index (χ2v) is 21.2. The molecule has 2 saturated heterocycles. The summed E-state index contributed by atoms with van der Waals surface area (Å²) in [6.45, 7) is 9.93. The normalized spacial score (nSPS) is 25.6. The van der Waals surface area contributed by atoms with Crippen molar-refractivity contribution in [3.63, 3.8) is 0 Å².